The van der Waals surface area contributed by atoms with Gasteiger partial charge in [-0.2, -0.15) is 5.10 Å². The second kappa shape index (κ2) is 8.10. The Hall–Kier alpha value is -3.69. The summed E-state index contributed by atoms with van der Waals surface area (Å²) in [6, 6.07) is 5.70. The van der Waals surface area contributed by atoms with E-state index in [0.717, 1.165) is 10.9 Å². The van der Waals surface area contributed by atoms with Crippen molar-refractivity contribution in [3.05, 3.63) is 42.2 Å². The SMILES string of the molecule is Cn1nc(C2CCC(=O)NC2=O)c2cccc(OC3CCN(C(=O)c4cocn4)CC3)c21. The Bertz CT molecular complexity index is 1180. The lowest BCUT2D eigenvalue weighted by Crippen LogP contribution is -2.41. The molecule has 4 heterocycles. The number of carbonyl (C=O) groups excluding carboxylic acids is 3. The fourth-order valence-corrected chi connectivity index (χ4v) is 4.47. The minimum absolute atomic E-state index is 0.0455. The van der Waals surface area contributed by atoms with Crippen LogP contribution in [0.2, 0.25) is 0 Å². The van der Waals surface area contributed by atoms with Crippen LogP contribution in [0.4, 0.5) is 0 Å². The molecule has 1 N–H and O–H groups in total. The van der Waals surface area contributed by atoms with Gasteiger partial charge in [-0.1, -0.05) is 12.1 Å². The molecule has 0 aliphatic carbocycles. The summed E-state index contributed by atoms with van der Waals surface area (Å²) >= 11 is 0. The van der Waals surface area contributed by atoms with E-state index in [1.54, 1.807) is 9.58 Å². The van der Waals surface area contributed by atoms with Gasteiger partial charge in [0.05, 0.1) is 11.6 Å². The van der Waals surface area contributed by atoms with Crippen LogP contribution < -0.4 is 10.1 Å². The van der Waals surface area contributed by atoms with Crippen LogP contribution in [0.15, 0.2) is 35.3 Å². The second-order valence-corrected chi connectivity index (χ2v) is 8.15. The number of oxazole rings is 1. The number of imide groups is 1. The van der Waals surface area contributed by atoms with Crippen molar-refractivity contribution < 1.29 is 23.5 Å². The topological polar surface area (TPSA) is 120 Å². The van der Waals surface area contributed by atoms with Crippen LogP contribution in [0.5, 0.6) is 5.75 Å². The summed E-state index contributed by atoms with van der Waals surface area (Å²) in [5.41, 5.74) is 1.78. The van der Waals surface area contributed by atoms with Crippen LogP contribution in [0.3, 0.4) is 0 Å². The van der Waals surface area contributed by atoms with Gasteiger partial charge in [0.1, 0.15) is 23.6 Å². The molecule has 3 amide bonds. The number of aryl methyl sites for hydroxylation is 1. The quantitative estimate of drug-likeness (QED) is 0.618. The average Bonchev–Trinajstić information content (AvgIpc) is 3.43. The van der Waals surface area contributed by atoms with Crippen LogP contribution in [0.1, 0.15) is 47.8 Å². The maximum atomic E-state index is 12.4. The van der Waals surface area contributed by atoms with Crippen LogP contribution in [-0.4, -0.2) is 56.6 Å². The molecule has 2 saturated heterocycles. The van der Waals surface area contributed by atoms with Crippen molar-refractivity contribution in [3.63, 3.8) is 0 Å². The number of hydrogen-bond acceptors (Lipinski definition) is 7. The van der Waals surface area contributed by atoms with Gasteiger partial charge in [-0.3, -0.25) is 24.4 Å². The van der Waals surface area contributed by atoms with Gasteiger partial charge in [0.15, 0.2) is 12.1 Å². The highest BCUT2D eigenvalue weighted by atomic mass is 16.5. The van der Waals surface area contributed by atoms with E-state index in [1.165, 1.54) is 12.7 Å². The number of ether oxygens (including phenoxy) is 1. The third-order valence-electron chi connectivity index (χ3n) is 6.10. The normalized spacial score (nSPS) is 19.9. The number of para-hydroxylation sites is 1. The minimum atomic E-state index is -0.461. The summed E-state index contributed by atoms with van der Waals surface area (Å²) in [5, 5.41) is 7.85. The fourth-order valence-electron chi connectivity index (χ4n) is 4.47. The number of amides is 3. The van der Waals surface area contributed by atoms with Crippen LogP contribution in [0, 0.1) is 0 Å². The van der Waals surface area contributed by atoms with Crippen molar-refractivity contribution in [3.8, 4) is 5.75 Å². The number of piperidine rings is 2. The lowest BCUT2D eigenvalue weighted by molar-refractivity contribution is -0.134. The average molecular weight is 437 g/mol. The zero-order valence-electron chi connectivity index (χ0n) is 17.6. The molecule has 1 atom stereocenters. The van der Waals surface area contributed by atoms with E-state index in [2.05, 4.69) is 15.4 Å². The van der Waals surface area contributed by atoms with E-state index in [9.17, 15) is 14.4 Å². The number of aromatic nitrogens is 3. The predicted octanol–water partition coefficient (Wildman–Crippen LogP) is 1.77. The first kappa shape index (κ1) is 20.2. The molecule has 10 nitrogen and oxygen atoms in total. The van der Waals surface area contributed by atoms with Crippen molar-refractivity contribution in [2.24, 2.45) is 7.05 Å². The molecule has 10 heteroatoms. The van der Waals surface area contributed by atoms with Crippen LogP contribution in [0.25, 0.3) is 10.9 Å². The highest BCUT2D eigenvalue weighted by molar-refractivity contribution is 6.03. The number of hydrogen-bond donors (Lipinski definition) is 1. The summed E-state index contributed by atoms with van der Waals surface area (Å²) in [6.07, 6.45) is 4.69. The number of carbonyl (C=O) groups is 3. The largest absolute Gasteiger partial charge is 0.488 e. The lowest BCUT2D eigenvalue weighted by Gasteiger charge is -2.31. The van der Waals surface area contributed by atoms with Crippen LogP contribution in [-0.2, 0) is 16.6 Å². The van der Waals surface area contributed by atoms with Gasteiger partial charge in [-0.05, 0) is 12.5 Å². The first-order valence-electron chi connectivity index (χ1n) is 10.6. The molecule has 0 spiro atoms. The molecule has 2 aliphatic heterocycles. The van der Waals surface area contributed by atoms with Gasteiger partial charge in [0.2, 0.25) is 11.8 Å². The number of nitrogens with one attached hydrogen (secondary N) is 1. The molecule has 1 aromatic carbocycles. The predicted molar refractivity (Wildman–Crippen MR) is 112 cm³/mol. The Morgan fingerprint density at radius 1 is 1.22 bits per heavy atom. The molecular formula is C22H23N5O5. The van der Waals surface area contributed by atoms with Gasteiger partial charge in [0, 0.05) is 44.8 Å². The molecule has 2 aromatic heterocycles. The minimum Gasteiger partial charge on any atom is -0.488 e. The Morgan fingerprint density at radius 3 is 2.75 bits per heavy atom. The summed E-state index contributed by atoms with van der Waals surface area (Å²) < 4.78 is 13.0. The number of rotatable bonds is 4. The van der Waals surface area contributed by atoms with Crippen molar-refractivity contribution >= 4 is 28.6 Å². The van der Waals surface area contributed by atoms with Crippen molar-refractivity contribution in [1.29, 1.82) is 0 Å². The standard InChI is InChI=1S/C22H23N5O5/c1-26-20-14(19(25-26)15-5-6-18(28)24-21(15)29)3-2-4-17(20)32-13-7-9-27(10-8-13)22(30)16-11-31-12-23-16/h2-4,11-13,15H,5-10H2,1H3,(H,24,28,29). The van der Waals surface area contributed by atoms with Crippen molar-refractivity contribution in [2.75, 3.05) is 13.1 Å². The molecule has 5 rings (SSSR count). The zero-order chi connectivity index (χ0) is 22.2. The molecule has 0 bridgehead atoms. The number of likely N-dealkylation sites (tertiary alicyclic amines) is 1. The Balaban J connectivity index is 1.32. The summed E-state index contributed by atoms with van der Waals surface area (Å²) in [5.74, 6) is -0.463. The van der Waals surface area contributed by atoms with E-state index in [0.29, 0.717) is 55.9 Å². The molecule has 2 fully saturated rings. The Morgan fingerprint density at radius 2 is 2.03 bits per heavy atom. The van der Waals surface area contributed by atoms with Gasteiger partial charge in [-0.15, -0.1) is 0 Å². The monoisotopic (exact) mass is 437 g/mol. The number of fused-ring (bicyclic) bond motifs is 1. The summed E-state index contributed by atoms with van der Waals surface area (Å²) in [7, 11) is 1.82. The zero-order valence-corrected chi connectivity index (χ0v) is 17.6. The first-order valence-corrected chi connectivity index (χ1v) is 10.6. The summed E-state index contributed by atoms with van der Waals surface area (Å²) in [4.78, 5) is 42.0. The molecular weight excluding hydrogens is 414 g/mol. The molecule has 32 heavy (non-hydrogen) atoms. The van der Waals surface area contributed by atoms with Crippen molar-refractivity contribution in [2.45, 2.75) is 37.7 Å². The van der Waals surface area contributed by atoms with Gasteiger partial charge >= 0.3 is 0 Å². The second-order valence-electron chi connectivity index (χ2n) is 8.15. The summed E-state index contributed by atoms with van der Waals surface area (Å²) in [6.45, 7) is 1.14. The molecule has 3 aromatic rings. The van der Waals surface area contributed by atoms with Crippen LogP contribution >= 0.6 is 0 Å². The highest BCUT2D eigenvalue weighted by Gasteiger charge is 2.32. The van der Waals surface area contributed by atoms with E-state index in [1.807, 2.05) is 25.2 Å². The lowest BCUT2D eigenvalue weighted by atomic mass is 9.93. The molecule has 166 valence electrons. The Kier molecular flexibility index (Phi) is 5.12. The highest BCUT2D eigenvalue weighted by Crippen LogP contribution is 2.35. The molecule has 1 unspecified atom stereocenters. The molecule has 2 aliphatic rings. The third-order valence-corrected chi connectivity index (χ3v) is 6.10. The van der Waals surface area contributed by atoms with Crippen molar-refractivity contribution in [1.82, 2.24) is 25.0 Å². The fraction of sp³-hybridized carbons (Fsp3) is 0.409. The maximum absolute atomic E-state index is 12.4. The van der Waals surface area contributed by atoms with Gasteiger partial charge < -0.3 is 14.1 Å². The maximum Gasteiger partial charge on any atom is 0.275 e. The number of benzene rings is 1. The van der Waals surface area contributed by atoms with E-state index >= 15 is 0 Å². The Labute approximate surface area is 183 Å². The first-order chi connectivity index (χ1) is 15.5. The smallest absolute Gasteiger partial charge is 0.275 e. The number of nitrogens with zero attached hydrogens (tertiary/aromatic N) is 4. The van der Waals surface area contributed by atoms with Gasteiger partial charge in [0.25, 0.3) is 5.91 Å². The van der Waals surface area contributed by atoms with Gasteiger partial charge in [-0.25, -0.2) is 4.98 Å². The van der Waals surface area contributed by atoms with E-state index in [4.69, 9.17) is 9.15 Å². The van der Waals surface area contributed by atoms with E-state index in [-0.39, 0.29) is 23.8 Å². The third kappa shape index (κ3) is 3.61. The van der Waals surface area contributed by atoms with E-state index < -0.39 is 5.92 Å². The molecule has 0 saturated carbocycles. The molecule has 0 radical (unpaired) electrons.